The summed E-state index contributed by atoms with van der Waals surface area (Å²) in [4.78, 5) is 12.6. The van der Waals surface area contributed by atoms with Crippen molar-refractivity contribution < 1.29 is 9.90 Å². The van der Waals surface area contributed by atoms with E-state index in [-0.39, 0.29) is 11.7 Å². The highest BCUT2D eigenvalue weighted by Crippen LogP contribution is 2.36. The lowest BCUT2D eigenvalue weighted by Gasteiger charge is -2.23. The maximum atomic E-state index is 12.6. The Balaban J connectivity index is 2.09. The van der Waals surface area contributed by atoms with Gasteiger partial charge < -0.3 is 10.4 Å². The molecule has 0 spiro atoms. The molecule has 1 amide bonds. The molecule has 0 saturated carbocycles. The maximum Gasteiger partial charge on any atom is 0.220 e. The van der Waals surface area contributed by atoms with E-state index < -0.39 is 6.04 Å². The average molecular weight is 376 g/mol. The van der Waals surface area contributed by atoms with Gasteiger partial charge in [-0.1, -0.05) is 81.8 Å². The molecule has 0 aliphatic heterocycles. The van der Waals surface area contributed by atoms with Crippen LogP contribution in [0.3, 0.4) is 0 Å². The van der Waals surface area contributed by atoms with Gasteiger partial charge in [-0.05, 0) is 40.3 Å². The van der Waals surface area contributed by atoms with Crippen molar-refractivity contribution in [2.24, 2.45) is 0 Å². The van der Waals surface area contributed by atoms with Gasteiger partial charge in [-0.15, -0.1) is 0 Å². The highest BCUT2D eigenvalue weighted by atomic mass is 16.3. The lowest BCUT2D eigenvalue weighted by Crippen LogP contribution is -2.29. The molecule has 1 atom stereocenters. The van der Waals surface area contributed by atoms with Crippen LogP contribution in [0, 0.1) is 0 Å². The number of carbonyl (C=O) groups is 1. The van der Waals surface area contributed by atoms with Crippen molar-refractivity contribution in [3.63, 3.8) is 0 Å². The third-order valence-corrected chi connectivity index (χ3v) is 5.24. The van der Waals surface area contributed by atoms with E-state index >= 15 is 0 Å². The zero-order valence-electron chi connectivity index (χ0n) is 16.9. The maximum absolute atomic E-state index is 12.6. The first kappa shape index (κ1) is 19.9. The molecule has 2 N–H and O–H groups in total. The fraction of sp³-hybridized carbons (Fsp3) is 0.320. The third-order valence-electron chi connectivity index (χ3n) is 5.24. The van der Waals surface area contributed by atoms with Crippen molar-refractivity contribution in [1.82, 2.24) is 5.32 Å². The van der Waals surface area contributed by atoms with E-state index in [1.54, 1.807) is 6.07 Å². The van der Waals surface area contributed by atoms with Crippen molar-refractivity contribution in [3.05, 3.63) is 77.4 Å². The van der Waals surface area contributed by atoms with E-state index in [2.05, 4.69) is 50.4 Å². The molecular weight excluding hydrogens is 346 g/mol. The van der Waals surface area contributed by atoms with Gasteiger partial charge in [0.05, 0.1) is 6.04 Å². The molecule has 0 heterocycles. The Kier molecular flexibility index (Phi) is 6.35. The van der Waals surface area contributed by atoms with Crippen LogP contribution in [0.5, 0.6) is 5.75 Å². The number of carbonyl (C=O) groups excluding carboxylic acids is 1. The van der Waals surface area contributed by atoms with Crippen LogP contribution in [0.25, 0.3) is 10.8 Å². The Morgan fingerprint density at radius 1 is 0.964 bits per heavy atom. The van der Waals surface area contributed by atoms with Crippen LogP contribution in [0.4, 0.5) is 0 Å². The van der Waals surface area contributed by atoms with Crippen LogP contribution in [0.1, 0.15) is 68.7 Å². The number of unbranched alkanes of at least 4 members (excludes halogenated alkanes) is 1. The quantitative estimate of drug-likeness (QED) is 0.527. The van der Waals surface area contributed by atoms with Crippen LogP contribution >= 0.6 is 0 Å². The number of aromatic hydroxyl groups is 1. The Morgan fingerprint density at radius 2 is 1.64 bits per heavy atom. The minimum atomic E-state index is -0.392. The molecule has 0 fully saturated rings. The van der Waals surface area contributed by atoms with E-state index in [0.29, 0.717) is 12.3 Å². The van der Waals surface area contributed by atoms with E-state index in [1.807, 2.05) is 30.3 Å². The normalized spacial score (nSPS) is 12.3. The van der Waals surface area contributed by atoms with Crippen molar-refractivity contribution in [2.75, 3.05) is 0 Å². The fourth-order valence-electron chi connectivity index (χ4n) is 3.55. The van der Waals surface area contributed by atoms with Crippen LogP contribution in [-0.4, -0.2) is 11.0 Å². The summed E-state index contributed by atoms with van der Waals surface area (Å²) in [6, 6.07) is 19.5. The molecule has 0 aromatic heterocycles. The highest BCUT2D eigenvalue weighted by Gasteiger charge is 2.22. The van der Waals surface area contributed by atoms with Gasteiger partial charge in [0, 0.05) is 12.0 Å². The van der Waals surface area contributed by atoms with Gasteiger partial charge >= 0.3 is 0 Å². The molecule has 0 radical (unpaired) electrons. The molecular formula is C25H29NO2. The second kappa shape index (κ2) is 8.92. The van der Waals surface area contributed by atoms with Gasteiger partial charge in [-0.2, -0.15) is 0 Å². The molecule has 3 aromatic rings. The number of hydrogen-bond donors (Lipinski definition) is 2. The number of phenolic OH excluding ortho intramolecular Hbond substituents is 1. The predicted octanol–water partition coefficient (Wildman–Crippen LogP) is 6.06. The summed E-state index contributed by atoms with van der Waals surface area (Å²) in [6.45, 7) is 6.40. The minimum absolute atomic E-state index is 0.00659. The van der Waals surface area contributed by atoms with Crippen LogP contribution in [-0.2, 0) is 4.79 Å². The van der Waals surface area contributed by atoms with Crippen LogP contribution in [0.15, 0.2) is 60.7 Å². The second-order valence-corrected chi connectivity index (χ2v) is 7.64. The van der Waals surface area contributed by atoms with Crippen molar-refractivity contribution >= 4 is 16.7 Å². The summed E-state index contributed by atoms with van der Waals surface area (Å²) in [5.74, 6) is 0.650. The zero-order chi connectivity index (χ0) is 20.1. The first-order chi connectivity index (χ1) is 13.5. The number of rotatable bonds is 7. The van der Waals surface area contributed by atoms with Gasteiger partial charge in [0.15, 0.2) is 0 Å². The van der Waals surface area contributed by atoms with Crippen molar-refractivity contribution in [2.45, 2.75) is 52.0 Å². The summed E-state index contributed by atoms with van der Waals surface area (Å²) >= 11 is 0. The first-order valence-electron chi connectivity index (χ1n) is 10.1. The lowest BCUT2D eigenvalue weighted by atomic mass is 9.91. The zero-order valence-corrected chi connectivity index (χ0v) is 16.9. The molecule has 146 valence electrons. The molecule has 3 rings (SSSR count). The lowest BCUT2D eigenvalue weighted by molar-refractivity contribution is -0.121. The number of benzene rings is 3. The van der Waals surface area contributed by atoms with Crippen LogP contribution < -0.4 is 5.32 Å². The SMILES string of the molecule is CCCCC(=O)NC(c1ccc(C(C)C)cc1)c1c(O)ccc2ccccc12. The van der Waals surface area contributed by atoms with E-state index in [9.17, 15) is 9.90 Å². The summed E-state index contributed by atoms with van der Waals surface area (Å²) in [5, 5.41) is 15.9. The fourth-order valence-corrected chi connectivity index (χ4v) is 3.55. The minimum Gasteiger partial charge on any atom is -0.508 e. The molecule has 0 saturated heterocycles. The van der Waals surface area contributed by atoms with Gasteiger partial charge in [0.25, 0.3) is 0 Å². The van der Waals surface area contributed by atoms with Crippen molar-refractivity contribution in [1.29, 1.82) is 0 Å². The summed E-state index contributed by atoms with van der Waals surface area (Å²) in [5.41, 5.74) is 2.98. The smallest absolute Gasteiger partial charge is 0.220 e. The van der Waals surface area contributed by atoms with Gasteiger partial charge in [0.2, 0.25) is 5.91 Å². The van der Waals surface area contributed by atoms with Crippen molar-refractivity contribution in [3.8, 4) is 5.75 Å². The summed E-state index contributed by atoms with van der Waals surface area (Å²) in [7, 11) is 0. The number of amides is 1. The number of fused-ring (bicyclic) bond motifs is 1. The summed E-state index contributed by atoms with van der Waals surface area (Å²) in [6.07, 6.45) is 2.32. The summed E-state index contributed by atoms with van der Waals surface area (Å²) < 4.78 is 0. The average Bonchev–Trinajstić information content (AvgIpc) is 2.71. The molecule has 0 aliphatic rings. The monoisotopic (exact) mass is 375 g/mol. The first-order valence-corrected chi connectivity index (χ1v) is 10.1. The number of nitrogens with one attached hydrogen (secondary N) is 1. The Hall–Kier alpha value is -2.81. The molecule has 1 unspecified atom stereocenters. The standard InChI is InChI=1S/C25H29NO2/c1-4-5-10-23(28)26-25(20-13-11-18(12-14-20)17(2)3)24-21-9-7-6-8-19(21)15-16-22(24)27/h6-9,11-17,25,27H,4-5,10H2,1-3H3,(H,26,28). The molecule has 0 bridgehead atoms. The molecule has 3 aromatic carbocycles. The predicted molar refractivity (Wildman–Crippen MR) is 116 cm³/mol. The molecule has 3 heteroatoms. The second-order valence-electron chi connectivity index (χ2n) is 7.64. The Bertz CT molecular complexity index is 944. The largest absolute Gasteiger partial charge is 0.508 e. The van der Waals surface area contributed by atoms with Gasteiger partial charge in [-0.25, -0.2) is 0 Å². The molecule has 0 aliphatic carbocycles. The number of phenols is 1. The van der Waals surface area contributed by atoms with E-state index in [4.69, 9.17) is 0 Å². The topological polar surface area (TPSA) is 49.3 Å². The Labute approximate surface area is 167 Å². The van der Waals surface area contributed by atoms with Gasteiger partial charge in [0.1, 0.15) is 5.75 Å². The molecule has 28 heavy (non-hydrogen) atoms. The van der Waals surface area contributed by atoms with Crippen LogP contribution in [0.2, 0.25) is 0 Å². The third kappa shape index (κ3) is 4.36. The molecule has 3 nitrogen and oxygen atoms in total. The number of hydrogen-bond acceptors (Lipinski definition) is 2. The highest BCUT2D eigenvalue weighted by molar-refractivity contribution is 5.89. The van der Waals surface area contributed by atoms with E-state index in [0.717, 1.165) is 34.7 Å². The Morgan fingerprint density at radius 3 is 2.32 bits per heavy atom. The van der Waals surface area contributed by atoms with E-state index in [1.165, 1.54) is 5.56 Å². The van der Waals surface area contributed by atoms with Gasteiger partial charge in [-0.3, -0.25) is 4.79 Å².